The van der Waals surface area contributed by atoms with Gasteiger partial charge in [-0.3, -0.25) is 4.79 Å². The van der Waals surface area contributed by atoms with E-state index in [1.54, 1.807) is 31.2 Å². The molecule has 0 heterocycles. The van der Waals surface area contributed by atoms with E-state index >= 15 is 0 Å². The maximum absolute atomic E-state index is 12.2. The van der Waals surface area contributed by atoms with Gasteiger partial charge in [-0.15, -0.1) is 0 Å². The van der Waals surface area contributed by atoms with Gasteiger partial charge in [0.05, 0.1) is 12.8 Å². The van der Waals surface area contributed by atoms with Gasteiger partial charge >= 0.3 is 0 Å². The summed E-state index contributed by atoms with van der Waals surface area (Å²) in [5, 5.41) is 0. The van der Waals surface area contributed by atoms with Crippen molar-refractivity contribution in [3.63, 3.8) is 0 Å². The molecule has 2 aromatic rings. The van der Waals surface area contributed by atoms with E-state index in [2.05, 4.69) is 0 Å². The van der Waals surface area contributed by atoms with Crippen molar-refractivity contribution in [1.82, 2.24) is 0 Å². The van der Waals surface area contributed by atoms with Crippen LogP contribution in [0.5, 0.6) is 5.75 Å². The first-order valence-corrected chi connectivity index (χ1v) is 6.56. The molecule has 2 N–H and O–H groups in total. The molecule has 4 nitrogen and oxygen atoms in total. The Bertz CT molecular complexity index is 665. The van der Waals surface area contributed by atoms with E-state index in [0.29, 0.717) is 11.4 Å². The van der Waals surface area contributed by atoms with E-state index in [9.17, 15) is 4.79 Å². The molecule has 0 aliphatic carbocycles. The van der Waals surface area contributed by atoms with Crippen LogP contribution >= 0.6 is 0 Å². The minimum atomic E-state index is -0.137. The van der Waals surface area contributed by atoms with E-state index in [4.69, 9.17) is 10.5 Å². The van der Waals surface area contributed by atoms with E-state index in [0.717, 1.165) is 11.3 Å². The molecule has 0 aliphatic heterocycles. The van der Waals surface area contributed by atoms with Gasteiger partial charge in [-0.05, 0) is 35.9 Å². The smallest absolute Gasteiger partial charge is 0.250 e. The summed E-state index contributed by atoms with van der Waals surface area (Å²) in [5.41, 5.74) is 7.99. The summed E-state index contributed by atoms with van der Waals surface area (Å²) in [6, 6.07) is 14.7. The summed E-state index contributed by atoms with van der Waals surface area (Å²) in [4.78, 5) is 13.8. The van der Waals surface area contributed by atoms with Gasteiger partial charge in [0, 0.05) is 18.8 Å². The molecule has 0 aliphatic rings. The molecule has 21 heavy (non-hydrogen) atoms. The number of nitrogens with two attached hydrogens (primary N) is 1. The number of carbonyl (C=O) groups is 1. The number of hydrogen-bond acceptors (Lipinski definition) is 3. The van der Waals surface area contributed by atoms with Crippen LogP contribution in [0.4, 0.5) is 11.4 Å². The highest BCUT2D eigenvalue weighted by Crippen LogP contribution is 2.26. The molecule has 1 amide bonds. The van der Waals surface area contributed by atoms with Gasteiger partial charge in [-0.25, -0.2) is 0 Å². The Balaban J connectivity index is 2.16. The fraction of sp³-hybridized carbons (Fsp3) is 0.118. The molecule has 0 unspecified atom stereocenters. The molecule has 0 aromatic heterocycles. The largest absolute Gasteiger partial charge is 0.495 e. The number of benzene rings is 2. The highest BCUT2D eigenvalue weighted by Gasteiger charge is 2.12. The lowest BCUT2D eigenvalue weighted by atomic mass is 10.2. The van der Waals surface area contributed by atoms with Crippen LogP contribution in [0.25, 0.3) is 6.08 Å². The zero-order valence-corrected chi connectivity index (χ0v) is 12.1. The number of rotatable bonds is 4. The SMILES string of the molecule is COc1ccccc1N(C)C(=O)/C=C/c1cccc(N)c1. The standard InChI is InChI=1S/C17H18N2O2/c1-19(15-8-3-4-9-16(15)21-2)17(20)11-10-13-6-5-7-14(18)12-13/h3-12H,18H2,1-2H3/b11-10+. The summed E-state index contributed by atoms with van der Waals surface area (Å²) in [7, 11) is 3.30. The number of anilines is 2. The Morgan fingerprint density at radius 2 is 1.95 bits per heavy atom. The fourth-order valence-electron chi connectivity index (χ4n) is 1.97. The molecule has 0 radical (unpaired) electrons. The number of likely N-dealkylation sites (N-methyl/N-ethyl adjacent to an activating group) is 1. The molecule has 2 aromatic carbocycles. The average Bonchev–Trinajstić information content (AvgIpc) is 2.52. The molecular formula is C17H18N2O2. The minimum Gasteiger partial charge on any atom is -0.495 e. The van der Waals surface area contributed by atoms with Crippen LogP contribution in [0.3, 0.4) is 0 Å². The maximum Gasteiger partial charge on any atom is 0.250 e. The second-order valence-corrected chi connectivity index (χ2v) is 4.57. The second-order valence-electron chi connectivity index (χ2n) is 4.57. The minimum absolute atomic E-state index is 0.137. The van der Waals surface area contributed by atoms with Crippen LogP contribution in [0, 0.1) is 0 Å². The van der Waals surface area contributed by atoms with Crippen molar-refractivity contribution in [3.05, 3.63) is 60.2 Å². The molecule has 0 bridgehead atoms. The van der Waals surface area contributed by atoms with Crippen molar-refractivity contribution in [1.29, 1.82) is 0 Å². The molecule has 0 spiro atoms. The summed E-state index contributed by atoms with van der Waals surface area (Å²) >= 11 is 0. The summed E-state index contributed by atoms with van der Waals surface area (Å²) < 4.78 is 5.26. The van der Waals surface area contributed by atoms with E-state index in [1.807, 2.05) is 42.5 Å². The van der Waals surface area contributed by atoms with E-state index in [1.165, 1.54) is 6.08 Å². The molecule has 2 rings (SSSR count). The summed E-state index contributed by atoms with van der Waals surface area (Å²) in [5.74, 6) is 0.521. The van der Waals surface area contributed by atoms with Crippen LogP contribution in [-0.4, -0.2) is 20.1 Å². The monoisotopic (exact) mass is 282 g/mol. The second kappa shape index (κ2) is 6.61. The van der Waals surface area contributed by atoms with Crippen LogP contribution in [-0.2, 0) is 4.79 Å². The highest BCUT2D eigenvalue weighted by molar-refractivity contribution is 6.04. The zero-order valence-electron chi connectivity index (χ0n) is 12.1. The van der Waals surface area contributed by atoms with E-state index in [-0.39, 0.29) is 5.91 Å². The Labute approximate surface area is 124 Å². The van der Waals surface area contributed by atoms with Gasteiger partial charge in [-0.2, -0.15) is 0 Å². The van der Waals surface area contributed by atoms with Crippen molar-refractivity contribution < 1.29 is 9.53 Å². The van der Waals surface area contributed by atoms with Gasteiger partial charge in [0.15, 0.2) is 0 Å². The maximum atomic E-state index is 12.2. The van der Waals surface area contributed by atoms with Gasteiger partial charge < -0.3 is 15.4 Å². The van der Waals surface area contributed by atoms with Gasteiger partial charge in [0.2, 0.25) is 0 Å². The highest BCUT2D eigenvalue weighted by atomic mass is 16.5. The lowest BCUT2D eigenvalue weighted by Crippen LogP contribution is -2.24. The topological polar surface area (TPSA) is 55.6 Å². The number of carbonyl (C=O) groups excluding carboxylic acids is 1. The molecule has 0 saturated carbocycles. The van der Waals surface area contributed by atoms with Gasteiger partial charge in [0.1, 0.15) is 5.75 Å². The Hall–Kier alpha value is -2.75. The predicted octanol–water partition coefficient (Wildman–Crippen LogP) is 2.95. The third kappa shape index (κ3) is 3.63. The van der Waals surface area contributed by atoms with Crippen molar-refractivity contribution in [2.45, 2.75) is 0 Å². The van der Waals surface area contributed by atoms with E-state index < -0.39 is 0 Å². The van der Waals surface area contributed by atoms with Crippen molar-refractivity contribution in [3.8, 4) is 5.75 Å². The third-order valence-corrected chi connectivity index (χ3v) is 3.11. The summed E-state index contributed by atoms with van der Waals surface area (Å²) in [6.45, 7) is 0. The molecular weight excluding hydrogens is 264 g/mol. The first-order chi connectivity index (χ1) is 10.1. The molecule has 0 saturated heterocycles. The van der Waals surface area contributed by atoms with Crippen LogP contribution < -0.4 is 15.4 Å². The Morgan fingerprint density at radius 1 is 1.19 bits per heavy atom. The average molecular weight is 282 g/mol. The number of nitrogens with zero attached hydrogens (tertiary/aromatic N) is 1. The molecule has 108 valence electrons. The molecule has 4 heteroatoms. The van der Waals surface area contributed by atoms with Crippen LogP contribution in [0.2, 0.25) is 0 Å². The van der Waals surface area contributed by atoms with Crippen LogP contribution in [0.1, 0.15) is 5.56 Å². The van der Waals surface area contributed by atoms with Gasteiger partial charge in [0.25, 0.3) is 5.91 Å². The number of methoxy groups -OCH3 is 1. The third-order valence-electron chi connectivity index (χ3n) is 3.11. The number of para-hydroxylation sites is 2. The Kier molecular flexibility index (Phi) is 4.61. The number of nitrogen functional groups attached to an aromatic ring is 1. The van der Waals surface area contributed by atoms with Gasteiger partial charge in [-0.1, -0.05) is 24.3 Å². The normalized spacial score (nSPS) is 10.6. The van der Waals surface area contributed by atoms with Crippen LogP contribution in [0.15, 0.2) is 54.6 Å². The lowest BCUT2D eigenvalue weighted by molar-refractivity contribution is -0.113. The number of ether oxygens (including phenoxy) is 1. The Morgan fingerprint density at radius 3 is 2.67 bits per heavy atom. The predicted molar refractivity (Wildman–Crippen MR) is 86.3 cm³/mol. The van der Waals surface area contributed by atoms with Crippen molar-refractivity contribution in [2.24, 2.45) is 0 Å². The zero-order chi connectivity index (χ0) is 15.2. The number of hydrogen-bond donors (Lipinski definition) is 1. The lowest BCUT2D eigenvalue weighted by Gasteiger charge is -2.18. The van der Waals surface area contributed by atoms with Crippen molar-refractivity contribution >= 4 is 23.4 Å². The first-order valence-electron chi connectivity index (χ1n) is 6.56. The van der Waals surface area contributed by atoms with Crippen molar-refractivity contribution in [2.75, 3.05) is 24.8 Å². The number of amides is 1. The molecule has 0 atom stereocenters. The first kappa shape index (κ1) is 14.7. The molecule has 0 fully saturated rings. The quantitative estimate of drug-likeness (QED) is 0.693. The fourth-order valence-corrected chi connectivity index (χ4v) is 1.97. The summed E-state index contributed by atoms with van der Waals surface area (Å²) in [6.07, 6.45) is 3.26.